The van der Waals surface area contributed by atoms with Crippen molar-refractivity contribution in [1.29, 1.82) is 5.41 Å². The molecule has 1 aromatic rings. The molecule has 2 aliphatic rings. The lowest BCUT2D eigenvalue weighted by molar-refractivity contribution is -0.176. The van der Waals surface area contributed by atoms with Crippen LogP contribution >= 0.6 is 28.3 Å². The van der Waals surface area contributed by atoms with Crippen LogP contribution in [0.5, 0.6) is 0 Å². The molecule has 1 saturated heterocycles. The van der Waals surface area contributed by atoms with Crippen molar-refractivity contribution in [3.05, 3.63) is 34.3 Å². The monoisotopic (exact) mass is 494 g/mol. The van der Waals surface area contributed by atoms with E-state index in [-0.39, 0.29) is 43.3 Å². The van der Waals surface area contributed by atoms with E-state index in [2.05, 4.69) is 15.9 Å². The molecule has 5 nitrogen and oxygen atoms in total. The molecule has 0 bridgehead atoms. The summed E-state index contributed by atoms with van der Waals surface area (Å²) in [5.41, 5.74) is -1.81. The van der Waals surface area contributed by atoms with Gasteiger partial charge in [0.25, 0.3) is 0 Å². The average molecular weight is 496 g/mol. The summed E-state index contributed by atoms with van der Waals surface area (Å²) in [6.07, 6.45) is 2.04. The summed E-state index contributed by atoms with van der Waals surface area (Å²) >= 11 is 3.31. The van der Waals surface area contributed by atoms with Gasteiger partial charge in [-0.25, -0.2) is 13.6 Å². The number of rotatable bonds is 6. The lowest BCUT2D eigenvalue weighted by Crippen LogP contribution is -2.45. The van der Waals surface area contributed by atoms with Crippen LogP contribution in [0.4, 0.5) is 8.78 Å². The molecule has 3 rings (SSSR count). The van der Waals surface area contributed by atoms with Gasteiger partial charge in [0.15, 0.2) is 5.60 Å². The number of hydrogen-bond acceptors (Lipinski definition) is 4. The zero-order chi connectivity index (χ0) is 20.4. The van der Waals surface area contributed by atoms with Crippen LogP contribution in [0.3, 0.4) is 0 Å². The molecule has 0 spiro atoms. The fourth-order valence-electron chi connectivity index (χ4n) is 4.08. The van der Waals surface area contributed by atoms with Gasteiger partial charge in [-0.1, -0.05) is 28.1 Å². The van der Waals surface area contributed by atoms with Gasteiger partial charge in [0.1, 0.15) is 0 Å². The van der Waals surface area contributed by atoms with Crippen molar-refractivity contribution in [3.8, 4) is 0 Å². The molecule has 0 aromatic heterocycles. The van der Waals surface area contributed by atoms with Gasteiger partial charge in [-0.3, -0.25) is 5.41 Å². The van der Waals surface area contributed by atoms with Crippen molar-refractivity contribution < 1.29 is 23.4 Å². The highest BCUT2D eigenvalue weighted by Gasteiger charge is 2.54. The largest absolute Gasteiger partial charge is 0.463 e. The molecule has 1 aliphatic heterocycles. The molecule has 9 heteroatoms. The lowest BCUT2D eigenvalue weighted by atomic mass is 9.80. The maximum absolute atomic E-state index is 13.8. The summed E-state index contributed by atoms with van der Waals surface area (Å²) in [5.74, 6) is -4.49. The molecule has 162 valence electrons. The molecule has 1 heterocycles. The Hall–Kier alpha value is -1.25. The van der Waals surface area contributed by atoms with Crippen LogP contribution < -0.4 is 0 Å². The zero-order valence-electron chi connectivity index (χ0n) is 16.0. The number of carbonyl (C=O) groups is 1. The van der Waals surface area contributed by atoms with Gasteiger partial charge in [-0.15, -0.1) is 12.4 Å². The first kappa shape index (κ1) is 24.0. The molecule has 2 atom stereocenters. The number of hydrogen-bond donors (Lipinski definition) is 2. The predicted molar refractivity (Wildman–Crippen MR) is 112 cm³/mol. The van der Waals surface area contributed by atoms with E-state index in [9.17, 15) is 18.7 Å². The number of benzene rings is 1. The van der Waals surface area contributed by atoms with Gasteiger partial charge in [0.2, 0.25) is 5.92 Å². The van der Waals surface area contributed by atoms with E-state index in [0.29, 0.717) is 0 Å². The van der Waals surface area contributed by atoms with Gasteiger partial charge in [0, 0.05) is 36.3 Å². The first-order valence-electron chi connectivity index (χ1n) is 9.53. The Morgan fingerprint density at radius 3 is 2.45 bits per heavy atom. The second-order valence-corrected chi connectivity index (χ2v) is 8.69. The number of piperidine rings is 1. The molecule has 1 saturated carbocycles. The molecule has 1 aliphatic carbocycles. The second-order valence-electron chi connectivity index (χ2n) is 7.78. The fraction of sp³-hybridized carbons (Fsp3) is 0.600. The molecule has 2 fully saturated rings. The van der Waals surface area contributed by atoms with Crippen molar-refractivity contribution in [2.75, 3.05) is 19.7 Å². The fourth-order valence-corrected chi connectivity index (χ4v) is 4.35. The molecule has 1 aromatic carbocycles. The summed E-state index contributed by atoms with van der Waals surface area (Å²) in [4.78, 5) is 14.8. The third-order valence-corrected chi connectivity index (χ3v) is 6.40. The summed E-state index contributed by atoms with van der Waals surface area (Å²) in [5, 5.41) is 18.6. The van der Waals surface area contributed by atoms with Crippen molar-refractivity contribution in [3.63, 3.8) is 0 Å². The summed E-state index contributed by atoms with van der Waals surface area (Å²) < 4.78 is 33.9. The van der Waals surface area contributed by atoms with Crippen molar-refractivity contribution in [2.24, 2.45) is 11.8 Å². The number of ether oxygens (including phenoxy) is 1. The highest BCUT2D eigenvalue weighted by atomic mass is 79.9. The topological polar surface area (TPSA) is 73.6 Å². The number of halogens is 4. The lowest BCUT2D eigenvalue weighted by Gasteiger charge is -2.34. The summed E-state index contributed by atoms with van der Waals surface area (Å²) in [7, 11) is 0. The Bertz CT molecular complexity index is 714. The van der Waals surface area contributed by atoms with E-state index < -0.39 is 29.8 Å². The van der Waals surface area contributed by atoms with Gasteiger partial charge < -0.3 is 14.7 Å². The Morgan fingerprint density at radius 1 is 1.31 bits per heavy atom. The van der Waals surface area contributed by atoms with E-state index >= 15 is 0 Å². The minimum atomic E-state index is -2.88. The first-order valence-corrected chi connectivity index (χ1v) is 10.3. The minimum Gasteiger partial charge on any atom is -0.463 e. The second kappa shape index (κ2) is 9.71. The molecule has 2 N–H and O–H groups in total. The maximum atomic E-state index is 13.8. The molecular weight excluding hydrogens is 470 g/mol. The maximum Gasteiger partial charge on any atom is 0.343 e. The summed E-state index contributed by atoms with van der Waals surface area (Å²) in [6.45, 7) is 1.59. The van der Waals surface area contributed by atoms with Crippen LogP contribution in [0.2, 0.25) is 0 Å². The van der Waals surface area contributed by atoms with Gasteiger partial charge >= 0.3 is 5.97 Å². The number of nitrogens with zero attached hydrogens (tertiary/aromatic N) is 1. The highest BCUT2D eigenvalue weighted by molar-refractivity contribution is 9.10. The van der Waals surface area contributed by atoms with Crippen LogP contribution in [-0.4, -0.2) is 47.9 Å². The van der Waals surface area contributed by atoms with E-state index in [0.717, 1.165) is 30.4 Å². The van der Waals surface area contributed by atoms with Crippen LogP contribution in [0.1, 0.15) is 37.7 Å². The van der Waals surface area contributed by atoms with Crippen molar-refractivity contribution in [2.45, 2.75) is 43.6 Å². The average Bonchev–Trinajstić information content (AvgIpc) is 3.06. The number of esters is 1. The van der Waals surface area contributed by atoms with Crippen LogP contribution in [0.25, 0.3) is 0 Å². The van der Waals surface area contributed by atoms with E-state index in [1.54, 1.807) is 24.3 Å². The number of nitrogens with one attached hydrogen (secondary N) is 1. The number of carbonyl (C=O) groups excluding carboxylic acids is 1. The van der Waals surface area contributed by atoms with Crippen molar-refractivity contribution >= 4 is 40.6 Å². The first-order chi connectivity index (χ1) is 13.2. The standard InChI is InChI=1S/C20H25BrF2N2O3.ClH/c21-17-3-1-15(2-4-17)20(27,16-5-8-19(22,23)11-16)18(26)28-12-14-6-9-25(13-24)10-7-14;/h1-4,13-14,16,24,27H,5-12H2;1H/t16-,20+;/m1./s1. The van der Waals surface area contributed by atoms with Crippen LogP contribution in [0, 0.1) is 17.2 Å². The predicted octanol–water partition coefficient (Wildman–Crippen LogP) is 4.36. The molecule has 29 heavy (non-hydrogen) atoms. The normalized spacial score (nSPS) is 23.7. The number of aliphatic hydroxyl groups is 1. The van der Waals surface area contributed by atoms with E-state index in [1.165, 1.54) is 6.34 Å². The molecule has 0 radical (unpaired) electrons. The third kappa shape index (κ3) is 5.47. The number of alkyl halides is 2. The molecule has 0 amide bonds. The SMILES string of the molecule is Cl.N=CN1CCC(COC(=O)[C@](O)(c2ccc(Br)cc2)[C@@H]2CCC(F)(F)C2)CC1. The Kier molecular flexibility index (Phi) is 8.04. The number of likely N-dealkylation sites (tertiary alicyclic amines) is 1. The van der Waals surface area contributed by atoms with Crippen LogP contribution in [-0.2, 0) is 15.1 Å². The summed E-state index contributed by atoms with van der Waals surface area (Å²) in [6, 6.07) is 6.50. The van der Waals surface area contributed by atoms with Gasteiger partial charge in [0.05, 0.1) is 12.9 Å². The Morgan fingerprint density at radius 2 is 1.93 bits per heavy atom. The quantitative estimate of drug-likeness (QED) is 0.349. The zero-order valence-corrected chi connectivity index (χ0v) is 18.4. The van der Waals surface area contributed by atoms with Crippen molar-refractivity contribution in [1.82, 2.24) is 4.90 Å². The third-order valence-electron chi connectivity index (χ3n) is 5.87. The molecular formula is C20H26BrClF2N2O3. The van der Waals surface area contributed by atoms with Gasteiger partial charge in [-0.2, -0.15) is 0 Å². The van der Waals surface area contributed by atoms with E-state index in [1.807, 2.05) is 4.90 Å². The highest BCUT2D eigenvalue weighted by Crippen LogP contribution is 2.48. The molecule has 0 unspecified atom stereocenters. The Labute approximate surface area is 183 Å². The Balaban J connectivity index is 0.00000300. The minimum absolute atomic E-state index is 0. The van der Waals surface area contributed by atoms with Crippen LogP contribution in [0.15, 0.2) is 28.7 Å². The van der Waals surface area contributed by atoms with E-state index in [4.69, 9.17) is 10.1 Å². The van der Waals surface area contributed by atoms with Gasteiger partial charge in [-0.05, 0) is 42.9 Å². The smallest absolute Gasteiger partial charge is 0.343 e.